The minimum atomic E-state index is -3.42. The van der Waals surface area contributed by atoms with Crippen LogP contribution in [0.5, 0.6) is 0 Å². The fourth-order valence-electron chi connectivity index (χ4n) is 3.62. The lowest BCUT2D eigenvalue weighted by atomic mass is 9.78. The molecule has 0 aromatic rings. The molecule has 3 saturated heterocycles. The number of ether oxygens (including phenoxy) is 2. The molecule has 0 spiro atoms. The van der Waals surface area contributed by atoms with Crippen molar-refractivity contribution in [2.75, 3.05) is 27.4 Å². The molecule has 3 heterocycles. The molecule has 3 aliphatic heterocycles. The second-order valence-electron chi connectivity index (χ2n) is 7.98. The lowest BCUT2D eigenvalue weighted by molar-refractivity contribution is -0.263. The van der Waals surface area contributed by atoms with Crippen LogP contribution >= 0.6 is 16.1 Å². The smallest absolute Gasteiger partial charge is 0.353 e. The largest absolute Gasteiger partial charge is 0.373 e. The van der Waals surface area contributed by atoms with E-state index in [0.29, 0.717) is 6.42 Å². The molecule has 31 heavy (non-hydrogen) atoms. The molecular formula is C19H33BN2O7P2. The highest BCUT2D eigenvalue weighted by Gasteiger charge is 2.54. The lowest BCUT2D eigenvalue weighted by Crippen LogP contribution is -2.64. The van der Waals surface area contributed by atoms with Crippen molar-refractivity contribution in [2.24, 2.45) is 0 Å². The van der Waals surface area contributed by atoms with Crippen LogP contribution in [0.3, 0.4) is 0 Å². The molecule has 3 fully saturated rings. The van der Waals surface area contributed by atoms with Crippen molar-refractivity contribution in [3.8, 4) is 6.07 Å². The van der Waals surface area contributed by atoms with Crippen LogP contribution < -0.4 is 0 Å². The third kappa shape index (κ3) is 6.60. The first-order valence-electron chi connectivity index (χ1n) is 10.3. The van der Waals surface area contributed by atoms with Crippen molar-refractivity contribution in [2.45, 2.75) is 76.4 Å². The van der Waals surface area contributed by atoms with Crippen LogP contribution in [0.25, 0.3) is 0 Å². The summed E-state index contributed by atoms with van der Waals surface area (Å²) >= 11 is 0. The Morgan fingerprint density at radius 1 is 1.32 bits per heavy atom. The highest BCUT2D eigenvalue weighted by atomic mass is 31.2. The Kier molecular flexibility index (Phi) is 10.2. The second-order valence-corrected chi connectivity index (χ2v) is 11.5. The number of hydrogen-bond acceptors (Lipinski definition) is 9. The van der Waals surface area contributed by atoms with E-state index in [4.69, 9.17) is 40.7 Å². The topological polar surface area (TPSA) is 99.5 Å². The summed E-state index contributed by atoms with van der Waals surface area (Å²) in [6.07, 6.45) is 1.58. The Morgan fingerprint density at radius 3 is 2.48 bits per heavy atom. The third-order valence-corrected chi connectivity index (χ3v) is 8.84. The molecule has 3 aliphatic rings. The Bertz CT molecular complexity index is 689. The van der Waals surface area contributed by atoms with E-state index in [1.165, 1.54) is 20.0 Å². The lowest BCUT2D eigenvalue weighted by Gasteiger charge is -2.53. The Labute approximate surface area is 188 Å². The number of rotatable bonds is 12. The molecule has 0 N–H and O–H groups in total. The Morgan fingerprint density at radius 2 is 1.97 bits per heavy atom. The van der Waals surface area contributed by atoms with Crippen molar-refractivity contribution in [3.63, 3.8) is 0 Å². The average molecular weight is 474 g/mol. The first-order valence-corrected chi connectivity index (χ1v) is 13.1. The molecule has 0 saturated carbocycles. The molecule has 2 bridgehead atoms. The number of nitrogens with zero attached hydrogens (tertiary/aromatic N) is 2. The molecule has 3 rings (SSSR count). The van der Waals surface area contributed by atoms with Crippen molar-refractivity contribution in [1.29, 1.82) is 5.26 Å². The molecule has 0 amide bonds. The molecule has 174 valence electrons. The van der Waals surface area contributed by atoms with Gasteiger partial charge in [-0.15, -0.1) is 0 Å². The van der Waals surface area contributed by atoms with Crippen LogP contribution in [0.15, 0.2) is 11.9 Å². The standard InChI is InChI=1S/C19H33BN2O7P2/c1-14(2)22(15(3)4)30(27-10-7-9-21)29-17-12-16-18(20)28-19(17,13-26-16)8-11-31(23,24-5)25-6/h8,11,14-18H,7,10,12-13H2,1-6H3/b11-8+/t16-,17+,18?,19+,30?/m1/s1. The van der Waals surface area contributed by atoms with E-state index in [0.717, 1.165) is 0 Å². The van der Waals surface area contributed by atoms with Gasteiger partial charge in [0.15, 0.2) is 0 Å². The van der Waals surface area contributed by atoms with E-state index in [1.54, 1.807) is 6.08 Å². The molecule has 0 aromatic carbocycles. The summed E-state index contributed by atoms with van der Waals surface area (Å²) in [4.78, 5) is 0. The van der Waals surface area contributed by atoms with E-state index in [2.05, 4.69) is 38.4 Å². The van der Waals surface area contributed by atoms with E-state index >= 15 is 0 Å². The molecular weight excluding hydrogens is 441 g/mol. The Hall–Kier alpha value is -0.325. The van der Waals surface area contributed by atoms with Gasteiger partial charge in [0, 0.05) is 44.5 Å². The fourth-order valence-corrected chi connectivity index (χ4v) is 6.24. The van der Waals surface area contributed by atoms with E-state index < -0.39 is 33.8 Å². The summed E-state index contributed by atoms with van der Waals surface area (Å²) in [5.41, 5.74) is -1.07. The summed E-state index contributed by atoms with van der Waals surface area (Å²) in [6.45, 7) is 8.72. The number of nitriles is 1. The van der Waals surface area contributed by atoms with Crippen LogP contribution in [-0.2, 0) is 32.1 Å². The predicted molar refractivity (Wildman–Crippen MR) is 119 cm³/mol. The second kappa shape index (κ2) is 11.7. The van der Waals surface area contributed by atoms with Crippen molar-refractivity contribution in [3.05, 3.63) is 11.9 Å². The van der Waals surface area contributed by atoms with Crippen LogP contribution in [0.2, 0.25) is 0 Å². The summed E-state index contributed by atoms with van der Waals surface area (Å²) < 4.78 is 49.2. The van der Waals surface area contributed by atoms with Crippen LogP contribution in [0, 0.1) is 11.3 Å². The van der Waals surface area contributed by atoms with Crippen LogP contribution in [-0.4, -0.2) is 75.8 Å². The molecule has 2 unspecified atom stereocenters. The van der Waals surface area contributed by atoms with Gasteiger partial charge in [-0.2, -0.15) is 5.26 Å². The minimum Gasteiger partial charge on any atom is -0.373 e. The van der Waals surface area contributed by atoms with Crippen LogP contribution in [0.1, 0.15) is 40.5 Å². The highest BCUT2D eigenvalue weighted by Crippen LogP contribution is 2.54. The zero-order valence-electron chi connectivity index (χ0n) is 19.1. The molecule has 9 nitrogen and oxygen atoms in total. The van der Waals surface area contributed by atoms with Gasteiger partial charge in [-0.1, -0.05) is 0 Å². The summed E-state index contributed by atoms with van der Waals surface area (Å²) in [7, 11) is 3.82. The molecule has 0 aliphatic carbocycles. The highest BCUT2D eigenvalue weighted by molar-refractivity contribution is 7.57. The molecule has 12 heteroatoms. The predicted octanol–water partition coefficient (Wildman–Crippen LogP) is 3.70. The number of hydrogen-bond donors (Lipinski definition) is 0. The summed E-state index contributed by atoms with van der Waals surface area (Å²) in [6, 6.07) is 1.76. The maximum absolute atomic E-state index is 12.6. The summed E-state index contributed by atoms with van der Waals surface area (Å²) in [5.74, 6) is 1.35. The van der Waals surface area contributed by atoms with Gasteiger partial charge in [0.25, 0.3) is 8.53 Å². The van der Waals surface area contributed by atoms with E-state index in [-0.39, 0.29) is 37.8 Å². The van der Waals surface area contributed by atoms with E-state index in [1.807, 2.05) is 0 Å². The van der Waals surface area contributed by atoms with Gasteiger partial charge in [0.1, 0.15) is 19.6 Å². The molecule has 2 radical (unpaired) electrons. The monoisotopic (exact) mass is 474 g/mol. The van der Waals surface area contributed by atoms with Gasteiger partial charge in [-0.25, -0.2) is 4.67 Å². The minimum absolute atomic E-state index is 0.155. The number of fused-ring (bicyclic) bond motifs is 3. The van der Waals surface area contributed by atoms with Crippen LogP contribution in [0.4, 0.5) is 0 Å². The Balaban J connectivity index is 2.33. The zero-order valence-corrected chi connectivity index (χ0v) is 20.9. The first-order chi connectivity index (χ1) is 14.6. The SMILES string of the molecule is [B]C1O[C@@]2(/C=C/P(=O)(OC)OC)CO[C@@H]1C[C@@H]2OP(OCCC#N)N(C(C)C)C(C)C. The van der Waals surface area contributed by atoms with Gasteiger partial charge in [0.05, 0.1) is 31.8 Å². The van der Waals surface area contributed by atoms with Crippen molar-refractivity contribution < 1.29 is 32.1 Å². The third-order valence-electron chi connectivity index (χ3n) is 5.16. The first kappa shape index (κ1) is 26.9. The van der Waals surface area contributed by atoms with Crippen molar-refractivity contribution >= 4 is 24.0 Å². The zero-order chi connectivity index (χ0) is 23.2. The fraction of sp³-hybridized carbons (Fsp3) is 0.842. The quantitative estimate of drug-likeness (QED) is 0.238. The van der Waals surface area contributed by atoms with Gasteiger partial charge >= 0.3 is 7.60 Å². The summed E-state index contributed by atoms with van der Waals surface area (Å²) in [5, 5.41) is 8.92. The van der Waals surface area contributed by atoms with Gasteiger partial charge in [-0.05, 0) is 33.8 Å². The maximum atomic E-state index is 12.6. The molecule has 5 atom stereocenters. The average Bonchev–Trinajstić information content (AvgIpc) is 2.72. The van der Waals surface area contributed by atoms with Gasteiger partial charge in [0.2, 0.25) is 0 Å². The molecule has 0 aromatic heterocycles. The van der Waals surface area contributed by atoms with Gasteiger partial charge < -0.3 is 27.6 Å². The van der Waals surface area contributed by atoms with E-state index in [9.17, 15) is 4.57 Å². The van der Waals surface area contributed by atoms with Gasteiger partial charge in [-0.3, -0.25) is 4.57 Å². The normalized spacial score (nSPS) is 29.9. The van der Waals surface area contributed by atoms with Crippen molar-refractivity contribution in [1.82, 2.24) is 4.67 Å². The maximum Gasteiger partial charge on any atom is 0.353 e.